The average molecular weight is 338 g/mol. The third-order valence-corrected chi connectivity index (χ3v) is 5.71. The lowest BCUT2D eigenvalue weighted by Crippen LogP contribution is -2.45. The number of hydrogen-bond acceptors (Lipinski definition) is 3. The molecule has 0 radical (unpaired) electrons. The molecule has 0 spiro atoms. The number of nitrogens with zero attached hydrogens (tertiary/aromatic N) is 1. The van der Waals surface area contributed by atoms with Gasteiger partial charge < -0.3 is 4.90 Å². The van der Waals surface area contributed by atoms with Gasteiger partial charge in [-0.2, -0.15) is 4.72 Å². The molecule has 6 heteroatoms. The highest BCUT2D eigenvalue weighted by atomic mass is 32.2. The Labute approximate surface area is 139 Å². The van der Waals surface area contributed by atoms with Gasteiger partial charge >= 0.3 is 0 Å². The molecule has 0 saturated carbocycles. The van der Waals surface area contributed by atoms with Crippen molar-refractivity contribution in [1.82, 2.24) is 9.62 Å². The second-order valence-corrected chi connectivity index (χ2v) is 8.86. The van der Waals surface area contributed by atoms with Gasteiger partial charge in [-0.25, -0.2) is 8.42 Å². The number of carbonyl (C=O) groups excluding carboxylic acids is 1. The first-order valence-electron chi connectivity index (χ1n) is 8.03. The molecule has 1 atom stereocenters. The van der Waals surface area contributed by atoms with Crippen molar-refractivity contribution in [2.75, 3.05) is 13.1 Å². The van der Waals surface area contributed by atoms with E-state index in [4.69, 9.17) is 0 Å². The molecule has 1 N–H and O–H groups in total. The van der Waals surface area contributed by atoms with Crippen molar-refractivity contribution < 1.29 is 13.2 Å². The Morgan fingerprint density at radius 3 is 2.13 bits per heavy atom. The van der Waals surface area contributed by atoms with Gasteiger partial charge in [0.25, 0.3) is 0 Å². The lowest BCUT2D eigenvalue weighted by atomic mass is 9.87. The second-order valence-electron chi connectivity index (χ2n) is 7.15. The first kappa shape index (κ1) is 17.9. The summed E-state index contributed by atoms with van der Waals surface area (Å²) in [5.74, 6) is -0.155. The molecule has 1 aromatic carbocycles. The fourth-order valence-electron chi connectivity index (χ4n) is 2.70. The van der Waals surface area contributed by atoms with Crippen LogP contribution >= 0.6 is 0 Å². The minimum absolute atomic E-state index is 0.0330. The minimum atomic E-state index is -3.69. The van der Waals surface area contributed by atoms with Crippen LogP contribution in [0.1, 0.15) is 46.1 Å². The summed E-state index contributed by atoms with van der Waals surface area (Å²) < 4.78 is 27.4. The number of sulfonamides is 1. The summed E-state index contributed by atoms with van der Waals surface area (Å²) in [6, 6.07) is 6.08. The molecule has 5 nitrogen and oxygen atoms in total. The Morgan fingerprint density at radius 1 is 1.13 bits per heavy atom. The summed E-state index contributed by atoms with van der Waals surface area (Å²) >= 11 is 0. The zero-order valence-corrected chi connectivity index (χ0v) is 15.1. The molecule has 0 aliphatic carbocycles. The average Bonchev–Trinajstić information content (AvgIpc) is 2.99. The van der Waals surface area contributed by atoms with Crippen LogP contribution in [0.4, 0.5) is 0 Å². The molecule has 0 aromatic heterocycles. The second kappa shape index (κ2) is 6.61. The van der Waals surface area contributed by atoms with Crippen LogP contribution in [0.15, 0.2) is 29.2 Å². The van der Waals surface area contributed by atoms with Crippen molar-refractivity contribution in [3.05, 3.63) is 29.8 Å². The van der Waals surface area contributed by atoms with Crippen LogP contribution < -0.4 is 4.72 Å². The van der Waals surface area contributed by atoms with Gasteiger partial charge in [-0.1, -0.05) is 32.9 Å². The first-order chi connectivity index (χ1) is 10.6. The lowest BCUT2D eigenvalue weighted by molar-refractivity contribution is -0.131. The maximum atomic E-state index is 12.4. The number of rotatable bonds is 4. The molecule has 1 amide bonds. The molecule has 1 fully saturated rings. The van der Waals surface area contributed by atoms with Crippen molar-refractivity contribution >= 4 is 15.9 Å². The van der Waals surface area contributed by atoms with E-state index in [1.807, 2.05) is 12.1 Å². The van der Waals surface area contributed by atoms with Gasteiger partial charge in [0, 0.05) is 13.1 Å². The van der Waals surface area contributed by atoms with Gasteiger partial charge in [0.05, 0.1) is 10.9 Å². The van der Waals surface area contributed by atoms with Crippen LogP contribution in [-0.2, 0) is 20.2 Å². The van der Waals surface area contributed by atoms with Crippen LogP contribution in [0.5, 0.6) is 0 Å². The number of carbonyl (C=O) groups is 1. The zero-order valence-electron chi connectivity index (χ0n) is 14.3. The number of nitrogens with one attached hydrogen (secondary N) is 1. The monoisotopic (exact) mass is 338 g/mol. The summed E-state index contributed by atoms with van der Waals surface area (Å²) in [5.41, 5.74) is 1.03. The fourth-order valence-corrected chi connectivity index (χ4v) is 3.89. The predicted molar refractivity (Wildman–Crippen MR) is 90.7 cm³/mol. The summed E-state index contributed by atoms with van der Waals surface area (Å²) in [6.45, 7) is 9.25. The summed E-state index contributed by atoms with van der Waals surface area (Å²) in [5, 5.41) is 0. The maximum Gasteiger partial charge on any atom is 0.241 e. The van der Waals surface area contributed by atoms with Crippen molar-refractivity contribution in [3.63, 3.8) is 0 Å². The van der Waals surface area contributed by atoms with Gasteiger partial charge in [-0.05, 0) is 42.9 Å². The molecular weight excluding hydrogens is 312 g/mol. The third kappa shape index (κ3) is 4.32. The van der Waals surface area contributed by atoms with E-state index < -0.39 is 16.1 Å². The van der Waals surface area contributed by atoms with Crippen LogP contribution in [-0.4, -0.2) is 38.4 Å². The summed E-state index contributed by atoms with van der Waals surface area (Å²) in [4.78, 5) is 14.1. The first-order valence-corrected chi connectivity index (χ1v) is 9.51. The molecular formula is C17H26N2O3S. The maximum absolute atomic E-state index is 12.4. The van der Waals surface area contributed by atoms with Crippen LogP contribution in [0.3, 0.4) is 0 Å². The summed E-state index contributed by atoms with van der Waals surface area (Å²) in [6.07, 6.45) is 1.97. The van der Waals surface area contributed by atoms with Crippen molar-refractivity contribution in [2.45, 2.75) is 56.9 Å². The molecule has 1 heterocycles. The highest BCUT2D eigenvalue weighted by molar-refractivity contribution is 7.89. The smallest absolute Gasteiger partial charge is 0.241 e. The molecule has 2 rings (SSSR count). The van der Waals surface area contributed by atoms with E-state index in [0.29, 0.717) is 13.1 Å². The Balaban J connectivity index is 2.10. The van der Waals surface area contributed by atoms with Gasteiger partial charge in [-0.15, -0.1) is 0 Å². The molecule has 23 heavy (non-hydrogen) atoms. The molecule has 128 valence electrons. The Morgan fingerprint density at radius 2 is 1.65 bits per heavy atom. The van der Waals surface area contributed by atoms with Crippen molar-refractivity contribution in [1.29, 1.82) is 0 Å². The van der Waals surface area contributed by atoms with Gasteiger partial charge in [0.2, 0.25) is 15.9 Å². The van der Waals surface area contributed by atoms with Crippen molar-refractivity contribution in [3.8, 4) is 0 Å². The van der Waals surface area contributed by atoms with E-state index in [1.54, 1.807) is 24.0 Å². The van der Waals surface area contributed by atoms with Crippen LogP contribution in [0.25, 0.3) is 0 Å². The van der Waals surface area contributed by atoms with E-state index in [1.165, 1.54) is 0 Å². The van der Waals surface area contributed by atoms with E-state index in [-0.39, 0.29) is 16.2 Å². The topological polar surface area (TPSA) is 66.5 Å². The number of benzene rings is 1. The molecule has 1 saturated heterocycles. The molecule has 0 unspecified atom stereocenters. The number of hydrogen-bond donors (Lipinski definition) is 1. The standard InChI is InChI=1S/C17H26N2O3S/c1-13(16(20)19-11-5-6-12-19)18-23(21,22)15-9-7-14(8-10-15)17(2,3)4/h7-10,13,18H,5-6,11-12H2,1-4H3/t13-/m0/s1. The fraction of sp³-hybridized carbons (Fsp3) is 0.588. The zero-order chi connectivity index (χ0) is 17.3. The number of amides is 1. The van der Waals surface area contributed by atoms with Gasteiger partial charge in [0.15, 0.2) is 0 Å². The van der Waals surface area contributed by atoms with Crippen LogP contribution in [0, 0.1) is 0 Å². The minimum Gasteiger partial charge on any atom is -0.341 e. The Bertz CT molecular complexity index is 654. The Kier molecular flexibility index (Phi) is 5.16. The predicted octanol–water partition coefficient (Wildman–Crippen LogP) is 2.27. The SMILES string of the molecule is C[C@H](NS(=O)(=O)c1ccc(C(C)(C)C)cc1)C(=O)N1CCCC1. The number of likely N-dealkylation sites (tertiary alicyclic amines) is 1. The van der Waals surface area contributed by atoms with Gasteiger partial charge in [-0.3, -0.25) is 4.79 Å². The van der Waals surface area contributed by atoms with E-state index in [9.17, 15) is 13.2 Å². The molecule has 0 bridgehead atoms. The van der Waals surface area contributed by atoms with Gasteiger partial charge in [0.1, 0.15) is 0 Å². The van der Waals surface area contributed by atoms with E-state index in [2.05, 4.69) is 25.5 Å². The third-order valence-electron chi connectivity index (χ3n) is 4.15. The lowest BCUT2D eigenvalue weighted by Gasteiger charge is -2.22. The van der Waals surface area contributed by atoms with Crippen molar-refractivity contribution in [2.24, 2.45) is 0 Å². The Hall–Kier alpha value is -1.40. The molecule has 1 aliphatic rings. The largest absolute Gasteiger partial charge is 0.341 e. The quantitative estimate of drug-likeness (QED) is 0.916. The van der Waals surface area contributed by atoms with E-state index >= 15 is 0 Å². The summed E-state index contributed by atoms with van der Waals surface area (Å²) in [7, 11) is -3.69. The van der Waals surface area contributed by atoms with Crippen LogP contribution in [0.2, 0.25) is 0 Å². The highest BCUT2D eigenvalue weighted by Gasteiger charge is 2.27. The molecule has 1 aromatic rings. The molecule has 1 aliphatic heterocycles. The normalized spacial score (nSPS) is 17.3. The van der Waals surface area contributed by atoms with E-state index in [0.717, 1.165) is 18.4 Å². The highest BCUT2D eigenvalue weighted by Crippen LogP contribution is 2.23.